The molecular formula is C26H39BrN6O5S. The number of nitrogens with zero attached hydrogens (tertiary/aromatic N) is 3. The van der Waals surface area contributed by atoms with Crippen LogP contribution in [0.4, 0.5) is 5.82 Å². The van der Waals surface area contributed by atoms with Crippen molar-refractivity contribution in [1.29, 1.82) is 0 Å². The van der Waals surface area contributed by atoms with E-state index >= 15 is 0 Å². The molecule has 13 heteroatoms. The molecule has 2 aliphatic rings. The van der Waals surface area contributed by atoms with Gasteiger partial charge in [0.1, 0.15) is 12.4 Å². The van der Waals surface area contributed by atoms with Gasteiger partial charge in [0.15, 0.2) is 5.01 Å². The fraction of sp³-hybridized carbons (Fsp3) is 0.538. The number of piperidine rings is 1. The molecule has 0 spiro atoms. The number of fused-ring (bicyclic) bond motifs is 1. The molecule has 3 heterocycles. The van der Waals surface area contributed by atoms with Crippen LogP contribution in [0.1, 0.15) is 66.8 Å². The molecule has 0 radical (unpaired) electrons. The summed E-state index contributed by atoms with van der Waals surface area (Å²) in [6, 6.07) is 3.23. The second kappa shape index (κ2) is 18.4. The van der Waals surface area contributed by atoms with Crippen molar-refractivity contribution in [3.63, 3.8) is 0 Å². The summed E-state index contributed by atoms with van der Waals surface area (Å²) in [4.78, 5) is 54.4. The first-order valence-electron chi connectivity index (χ1n) is 12.9. The van der Waals surface area contributed by atoms with E-state index in [0.717, 1.165) is 48.9 Å². The fourth-order valence-electron chi connectivity index (χ4n) is 3.63. The van der Waals surface area contributed by atoms with Gasteiger partial charge >= 0.3 is 11.8 Å². The van der Waals surface area contributed by atoms with E-state index in [1.165, 1.54) is 35.3 Å². The maximum Gasteiger partial charge on any atom is 0.314 e. The number of thiazole rings is 1. The Kier molecular flexibility index (Phi) is 16.1. The molecule has 0 aromatic carbocycles. The molecule has 1 aliphatic carbocycles. The number of amides is 4. The lowest BCUT2D eigenvalue weighted by molar-refractivity contribution is -0.136. The van der Waals surface area contributed by atoms with Gasteiger partial charge in [0.2, 0.25) is 5.91 Å². The average Bonchev–Trinajstić information content (AvgIpc) is 3.36. The quantitative estimate of drug-likeness (QED) is 0.437. The van der Waals surface area contributed by atoms with Crippen LogP contribution >= 0.6 is 27.3 Å². The number of halogens is 1. The number of aryl methyl sites for hydroxylation is 1. The van der Waals surface area contributed by atoms with Gasteiger partial charge in [-0.1, -0.05) is 20.8 Å². The van der Waals surface area contributed by atoms with Crippen molar-refractivity contribution in [3.8, 4) is 0 Å². The SMILES string of the molecule is CC.CC1CCc2nc(C(N)=O)sc2C1.COCC(=O)N1CCCCC1.NC(=O)C(=O)Nc1ccc(Br)cn1. The third-order valence-electron chi connectivity index (χ3n) is 5.57. The lowest BCUT2D eigenvalue weighted by atomic mass is 9.93. The summed E-state index contributed by atoms with van der Waals surface area (Å²) in [6.07, 6.45) is 8.29. The number of pyridine rings is 1. The summed E-state index contributed by atoms with van der Waals surface area (Å²) in [6.45, 7) is 8.30. The lowest BCUT2D eigenvalue weighted by Crippen LogP contribution is -2.37. The number of primary amides is 2. The molecule has 4 rings (SSSR count). The Bertz CT molecular complexity index is 1070. The highest BCUT2D eigenvalue weighted by molar-refractivity contribution is 9.10. The Labute approximate surface area is 242 Å². The molecule has 0 saturated carbocycles. The van der Waals surface area contributed by atoms with Crippen LogP contribution in [-0.4, -0.2) is 65.3 Å². The van der Waals surface area contributed by atoms with Gasteiger partial charge in [-0.3, -0.25) is 19.2 Å². The van der Waals surface area contributed by atoms with Gasteiger partial charge in [-0.25, -0.2) is 9.97 Å². The molecule has 1 saturated heterocycles. The Morgan fingerprint density at radius 2 is 1.82 bits per heavy atom. The van der Waals surface area contributed by atoms with Crippen molar-refractivity contribution in [2.24, 2.45) is 17.4 Å². The van der Waals surface area contributed by atoms with Gasteiger partial charge in [-0.15, -0.1) is 11.3 Å². The zero-order valence-electron chi connectivity index (χ0n) is 23.0. The zero-order chi connectivity index (χ0) is 29.4. The molecule has 1 fully saturated rings. The molecule has 2 aromatic heterocycles. The number of rotatable bonds is 4. The number of carbonyl (C=O) groups is 4. The summed E-state index contributed by atoms with van der Waals surface area (Å²) >= 11 is 4.64. The van der Waals surface area contributed by atoms with Crippen LogP contribution in [0.15, 0.2) is 22.8 Å². The third kappa shape index (κ3) is 12.7. The first-order valence-corrected chi connectivity index (χ1v) is 14.5. The highest BCUT2D eigenvalue weighted by Gasteiger charge is 2.21. The van der Waals surface area contributed by atoms with Crippen molar-refractivity contribution in [3.05, 3.63) is 38.4 Å². The number of hydrogen-bond acceptors (Lipinski definition) is 8. The Morgan fingerprint density at radius 1 is 1.15 bits per heavy atom. The number of methoxy groups -OCH3 is 1. The van der Waals surface area contributed by atoms with E-state index in [-0.39, 0.29) is 18.3 Å². The molecule has 11 nitrogen and oxygen atoms in total. The van der Waals surface area contributed by atoms with Crippen molar-refractivity contribution in [1.82, 2.24) is 14.9 Å². The molecular weight excluding hydrogens is 588 g/mol. The smallest absolute Gasteiger partial charge is 0.314 e. The van der Waals surface area contributed by atoms with E-state index in [0.29, 0.717) is 10.9 Å². The van der Waals surface area contributed by atoms with E-state index in [1.807, 2.05) is 18.7 Å². The molecule has 39 heavy (non-hydrogen) atoms. The summed E-state index contributed by atoms with van der Waals surface area (Å²) < 4.78 is 5.55. The third-order valence-corrected chi connectivity index (χ3v) is 7.17. The molecule has 1 unspecified atom stereocenters. The van der Waals surface area contributed by atoms with E-state index < -0.39 is 17.7 Å². The van der Waals surface area contributed by atoms with E-state index in [2.05, 4.69) is 38.1 Å². The minimum absolute atomic E-state index is 0.132. The van der Waals surface area contributed by atoms with Crippen molar-refractivity contribution in [2.75, 3.05) is 32.1 Å². The molecule has 1 atom stereocenters. The predicted molar refractivity (Wildman–Crippen MR) is 155 cm³/mol. The first-order chi connectivity index (χ1) is 18.6. The second-order valence-electron chi connectivity index (χ2n) is 8.66. The largest absolute Gasteiger partial charge is 0.375 e. The molecule has 0 bridgehead atoms. The van der Waals surface area contributed by atoms with Gasteiger partial charge in [0, 0.05) is 35.7 Å². The van der Waals surface area contributed by atoms with E-state index in [9.17, 15) is 19.2 Å². The lowest BCUT2D eigenvalue weighted by Gasteiger charge is -2.26. The van der Waals surface area contributed by atoms with Gasteiger partial charge < -0.3 is 26.4 Å². The normalized spacial score (nSPS) is 15.5. The number of hydrogen-bond donors (Lipinski definition) is 3. The van der Waals surface area contributed by atoms with E-state index in [4.69, 9.17) is 16.2 Å². The van der Waals surface area contributed by atoms with Crippen molar-refractivity contribution < 1.29 is 23.9 Å². The number of nitrogens with two attached hydrogens (primary N) is 2. The highest BCUT2D eigenvalue weighted by atomic mass is 79.9. The average molecular weight is 628 g/mol. The van der Waals surface area contributed by atoms with Gasteiger partial charge in [0.05, 0.1) is 5.69 Å². The van der Waals surface area contributed by atoms with Crippen LogP contribution in [-0.2, 0) is 32.0 Å². The van der Waals surface area contributed by atoms with Crippen LogP contribution < -0.4 is 16.8 Å². The molecule has 2 aromatic rings. The predicted octanol–water partition coefficient (Wildman–Crippen LogP) is 3.31. The van der Waals surface area contributed by atoms with Crippen LogP contribution in [0.2, 0.25) is 0 Å². The van der Waals surface area contributed by atoms with Crippen molar-refractivity contribution in [2.45, 2.75) is 59.3 Å². The standard InChI is InChI=1S/C9H12N2OS.C8H15NO2.C7H6BrN3O2.C2H6/c1-5-2-3-6-7(4-5)13-9(11-6)8(10)12;1-11-7-8(10)9-5-3-2-4-6-9;8-4-1-2-5(10-3-4)11-7(13)6(9)12;1-2/h5H,2-4H2,1H3,(H2,10,12);2-7H2,1H3;1-3H,(H2,9,12)(H,10,11,13);1-2H3. The molecule has 5 N–H and O–H groups in total. The second-order valence-corrected chi connectivity index (χ2v) is 10.7. The molecule has 1 aliphatic heterocycles. The van der Waals surface area contributed by atoms with Crippen molar-refractivity contribution >= 4 is 56.7 Å². The van der Waals surface area contributed by atoms with Crippen LogP contribution in [0.3, 0.4) is 0 Å². The summed E-state index contributed by atoms with van der Waals surface area (Å²) in [5.41, 5.74) is 11.0. The van der Waals surface area contributed by atoms with Crippen LogP contribution in [0, 0.1) is 5.92 Å². The topological polar surface area (TPSA) is 171 Å². The maximum atomic E-state index is 11.2. The van der Waals surface area contributed by atoms with Gasteiger partial charge in [-0.05, 0) is 72.5 Å². The summed E-state index contributed by atoms with van der Waals surface area (Å²) in [5, 5.41) is 2.69. The number of ether oxygens (including phenoxy) is 1. The number of carbonyl (C=O) groups excluding carboxylic acids is 4. The van der Waals surface area contributed by atoms with Crippen LogP contribution in [0.5, 0.6) is 0 Å². The number of nitrogens with one attached hydrogen (secondary N) is 1. The minimum Gasteiger partial charge on any atom is -0.375 e. The monoisotopic (exact) mass is 626 g/mol. The molecule has 216 valence electrons. The summed E-state index contributed by atoms with van der Waals surface area (Å²) in [7, 11) is 1.56. The van der Waals surface area contributed by atoms with Gasteiger partial charge in [0.25, 0.3) is 5.91 Å². The zero-order valence-corrected chi connectivity index (χ0v) is 25.4. The van der Waals surface area contributed by atoms with Crippen LogP contribution in [0.25, 0.3) is 0 Å². The minimum atomic E-state index is -1.04. The summed E-state index contributed by atoms with van der Waals surface area (Å²) in [5.74, 6) is -1.18. The fourth-order valence-corrected chi connectivity index (χ4v) is 4.99. The Morgan fingerprint density at radius 3 is 2.36 bits per heavy atom. The number of anilines is 1. The first kappa shape index (κ1) is 34.1. The number of likely N-dealkylation sites (tertiary alicyclic amines) is 1. The Balaban J connectivity index is 0.000000284. The number of aromatic nitrogens is 2. The maximum absolute atomic E-state index is 11.2. The van der Waals surface area contributed by atoms with Gasteiger partial charge in [-0.2, -0.15) is 0 Å². The van der Waals surface area contributed by atoms with E-state index in [1.54, 1.807) is 19.2 Å². The highest BCUT2D eigenvalue weighted by Crippen LogP contribution is 2.29. The molecule has 4 amide bonds. The Hall–Kier alpha value is -2.90.